The zero-order chi connectivity index (χ0) is 12.6. The van der Waals surface area contributed by atoms with Crippen molar-refractivity contribution in [3.8, 4) is 0 Å². The molecule has 2 aliphatic carbocycles. The topological polar surface area (TPSA) is 58.0 Å². The molecular formula is C13H18BrN3O. The molecule has 2 N–H and O–H groups in total. The van der Waals surface area contributed by atoms with Gasteiger partial charge in [0.2, 0.25) is 0 Å². The molecule has 2 saturated carbocycles. The van der Waals surface area contributed by atoms with Gasteiger partial charge in [-0.1, -0.05) is 12.8 Å². The lowest BCUT2D eigenvalue weighted by Crippen LogP contribution is -2.39. The SMILES string of the molecule is OCC1(Nc2cc(Br)nc(C3CC3)n2)CCCC1. The van der Waals surface area contributed by atoms with E-state index < -0.39 is 0 Å². The fraction of sp³-hybridized carbons (Fsp3) is 0.692. The summed E-state index contributed by atoms with van der Waals surface area (Å²) in [4.78, 5) is 9.01. The molecule has 0 aliphatic heterocycles. The Bertz CT molecular complexity index is 442. The van der Waals surface area contributed by atoms with Crippen molar-refractivity contribution in [3.05, 3.63) is 16.5 Å². The van der Waals surface area contributed by atoms with Crippen molar-refractivity contribution in [1.29, 1.82) is 0 Å². The van der Waals surface area contributed by atoms with Crippen LogP contribution in [0.4, 0.5) is 5.82 Å². The summed E-state index contributed by atoms with van der Waals surface area (Å²) in [5.41, 5.74) is -0.172. The van der Waals surface area contributed by atoms with E-state index in [0.717, 1.165) is 29.1 Å². The fourth-order valence-electron chi connectivity index (χ4n) is 2.67. The molecule has 2 fully saturated rings. The zero-order valence-electron chi connectivity index (χ0n) is 10.3. The first-order valence-corrected chi connectivity index (χ1v) is 7.44. The molecule has 0 radical (unpaired) electrons. The lowest BCUT2D eigenvalue weighted by Gasteiger charge is -2.28. The number of hydrogen-bond donors (Lipinski definition) is 2. The molecule has 0 spiro atoms. The van der Waals surface area contributed by atoms with Crippen molar-refractivity contribution in [3.63, 3.8) is 0 Å². The van der Waals surface area contributed by atoms with Crippen LogP contribution in [0, 0.1) is 0 Å². The van der Waals surface area contributed by atoms with Crippen LogP contribution in [0.3, 0.4) is 0 Å². The van der Waals surface area contributed by atoms with Gasteiger partial charge in [-0.25, -0.2) is 9.97 Å². The van der Waals surface area contributed by atoms with Crippen LogP contribution >= 0.6 is 15.9 Å². The van der Waals surface area contributed by atoms with Gasteiger partial charge in [0.05, 0.1) is 12.1 Å². The Kier molecular flexibility index (Phi) is 3.28. The number of rotatable bonds is 4. The predicted octanol–water partition coefficient (Wildman–Crippen LogP) is 2.83. The quantitative estimate of drug-likeness (QED) is 0.840. The number of aliphatic hydroxyl groups excluding tert-OH is 1. The first-order chi connectivity index (χ1) is 8.71. The number of anilines is 1. The monoisotopic (exact) mass is 311 g/mol. The van der Waals surface area contributed by atoms with Gasteiger partial charge in [0.1, 0.15) is 16.2 Å². The molecule has 0 unspecified atom stereocenters. The van der Waals surface area contributed by atoms with Crippen molar-refractivity contribution in [2.45, 2.75) is 50.0 Å². The van der Waals surface area contributed by atoms with Crippen molar-refractivity contribution in [1.82, 2.24) is 9.97 Å². The molecule has 0 bridgehead atoms. The Balaban J connectivity index is 1.82. The third kappa shape index (κ3) is 2.52. The summed E-state index contributed by atoms with van der Waals surface area (Å²) in [6.07, 6.45) is 6.78. The molecule has 2 aliphatic rings. The third-order valence-corrected chi connectivity index (χ3v) is 4.32. The molecule has 1 heterocycles. The van der Waals surface area contributed by atoms with E-state index in [2.05, 4.69) is 31.2 Å². The minimum atomic E-state index is -0.172. The predicted molar refractivity (Wildman–Crippen MR) is 73.6 cm³/mol. The number of nitrogens with zero attached hydrogens (tertiary/aromatic N) is 2. The van der Waals surface area contributed by atoms with E-state index in [-0.39, 0.29) is 12.1 Å². The zero-order valence-corrected chi connectivity index (χ0v) is 11.9. The maximum absolute atomic E-state index is 9.62. The van der Waals surface area contributed by atoms with Gasteiger partial charge in [0.25, 0.3) is 0 Å². The Labute approximate surface area is 115 Å². The highest BCUT2D eigenvalue weighted by molar-refractivity contribution is 9.10. The minimum Gasteiger partial charge on any atom is -0.394 e. The molecule has 0 atom stereocenters. The van der Waals surface area contributed by atoms with Gasteiger partial charge in [-0.2, -0.15) is 0 Å². The van der Waals surface area contributed by atoms with Crippen molar-refractivity contribution >= 4 is 21.7 Å². The van der Waals surface area contributed by atoms with Crippen LogP contribution in [0.25, 0.3) is 0 Å². The summed E-state index contributed by atoms with van der Waals surface area (Å²) in [6.45, 7) is 0.174. The lowest BCUT2D eigenvalue weighted by molar-refractivity contribution is 0.213. The number of aliphatic hydroxyl groups is 1. The first-order valence-electron chi connectivity index (χ1n) is 6.64. The van der Waals surface area contributed by atoms with E-state index >= 15 is 0 Å². The Morgan fingerprint density at radius 2 is 2.06 bits per heavy atom. The van der Waals surface area contributed by atoms with Gasteiger partial charge in [-0.3, -0.25) is 0 Å². The van der Waals surface area contributed by atoms with Gasteiger partial charge in [-0.15, -0.1) is 0 Å². The largest absolute Gasteiger partial charge is 0.394 e. The molecule has 3 rings (SSSR count). The summed E-state index contributed by atoms with van der Waals surface area (Å²) < 4.78 is 0.827. The van der Waals surface area contributed by atoms with Crippen LogP contribution in [0.2, 0.25) is 0 Å². The van der Waals surface area contributed by atoms with E-state index in [0.29, 0.717) is 5.92 Å². The summed E-state index contributed by atoms with van der Waals surface area (Å²) >= 11 is 3.44. The number of nitrogens with one attached hydrogen (secondary N) is 1. The maximum Gasteiger partial charge on any atom is 0.135 e. The lowest BCUT2D eigenvalue weighted by atomic mass is 9.99. The Morgan fingerprint density at radius 3 is 2.67 bits per heavy atom. The first kappa shape index (κ1) is 12.4. The Morgan fingerprint density at radius 1 is 1.33 bits per heavy atom. The summed E-state index contributed by atoms with van der Waals surface area (Å²) in [7, 11) is 0. The van der Waals surface area contributed by atoms with Crippen LogP contribution in [0.5, 0.6) is 0 Å². The molecule has 4 nitrogen and oxygen atoms in total. The second-order valence-corrected chi connectivity index (χ2v) is 6.29. The van der Waals surface area contributed by atoms with E-state index in [1.54, 1.807) is 0 Å². The van der Waals surface area contributed by atoms with E-state index in [1.807, 2.05) is 6.07 Å². The fourth-order valence-corrected chi connectivity index (χ4v) is 3.07. The molecular weight excluding hydrogens is 294 g/mol. The molecule has 0 amide bonds. The van der Waals surface area contributed by atoms with Crippen molar-refractivity contribution in [2.75, 3.05) is 11.9 Å². The molecule has 0 saturated heterocycles. The average Bonchev–Trinajstić information content (AvgIpc) is 3.10. The van der Waals surface area contributed by atoms with Crippen LogP contribution in [-0.4, -0.2) is 27.2 Å². The molecule has 5 heteroatoms. The average molecular weight is 312 g/mol. The van der Waals surface area contributed by atoms with Crippen LogP contribution in [0.15, 0.2) is 10.7 Å². The van der Waals surface area contributed by atoms with E-state index in [1.165, 1.54) is 25.7 Å². The van der Waals surface area contributed by atoms with Crippen LogP contribution in [-0.2, 0) is 0 Å². The summed E-state index contributed by atoms with van der Waals surface area (Å²) in [5, 5.41) is 13.1. The maximum atomic E-state index is 9.62. The summed E-state index contributed by atoms with van der Waals surface area (Å²) in [6, 6.07) is 1.90. The highest BCUT2D eigenvalue weighted by Crippen LogP contribution is 2.39. The van der Waals surface area contributed by atoms with Gasteiger partial charge in [0.15, 0.2) is 0 Å². The minimum absolute atomic E-state index is 0.172. The number of aromatic nitrogens is 2. The molecule has 98 valence electrons. The smallest absolute Gasteiger partial charge is 0.135 e. The van der Waals surface area contributed by atoms with Gasteiger partial charge in [-0.05, 0) is 41.6 Å². The van der Waals surface area contributed by atoms with Crippen LogP contribution in [0.1, 0.15) is 50.3 Å². The second-order valence-electron chi connectivity index (χ2n) is 5.48. The standard InChI is InChI=1S/C13H18BrN3O/c14-10-7-11(16-12(15-10)9-3-4-9)17-13(8-18)5-1-2-6-13/h7,9,18H,1-6,8H2,(H,15,16,17). The van der Waals surface area contributed by atoms with E-state index in [4.69, 9.17) is 0 Å². The van der Waals surface area contributed by atoms with Gasteiger partial charge < -0.3 is 10.4 Å². The van der Waals surface area contributed by atoms with Crippen molar-refractivity contribution in [2.24, 2.45) is 0 Å². The van der Waals surface area contributed by atoms with E-state index in [9.17, 15) is 5.11 Å². The normalized spacial score (nSPS) is 22.1. The highest BCUT2D eigenvalue weighted by Gasteiger charge is 2.34. The van der Waals surface area contributed by atoms with Crippen LogP contribution < -0.4 is 5.32 Å². The molecule has 1 aromatic heterocycles. The molecule has 18 heavy (non-hydrogen) atoms. The highest BCUT2D eigenvalue weighted by atomic mass is 79.9. The third-order valence-electron chi connectivity index (χ3n) is 3.91. The number of hydrogen-bond acceptors (Lipinski definition) is 4. The summed E-state index contributed by atoms with van der Waals surface area (Å²) in [5.74, 6) is 2.31. The van der Waals surface area contributed by atoms with Crippen molar-refractivity contribution < 1.29 is 5.11 Å². The Hall–Kier alpha value is -0.680. The van der Waals surface area contributed by atoms with Gasteiger partial charge in [0, 0.05) is 12.0 Å². The second kappa shape index (κ2) is 4.78. The molecule has 0 aromatic carbocycles. The molecule has 1 aromatic rings. The number of halogens is 1. The van der Waals surface area contributed by atoms with Gasteiger partial charge >= 0.3 is 0 Å².